The van der Waals surface area contributed by atoms with Crippen molar-refractivity contribution in [3.8, 4) is 0 Å². The zero-order chi connectivity index (χ0) is 9.97. The number of nitrogens with zero attached hydrogens (tertiary/aromatic N) is 3. The van der Waals surface area contributed by atoms with E-state index >= 15 is 0 Å². The molecule has 1 aliphatic rings. The minimum atomic E-state index is -0.492. The summed E-state index contributed by atoms with van der Waals surface area (Å²) in [6.45, 7) is 1.17. The average Bonchev–Trinajstić information content (AvgIpc) is 2.71. The van der Waals surface area contributed by atoms with Gasteiger partial charge in [0, 0.05) is 6.07 Å². The highest BCUT2D eigenvalue weighted by Crippen LogP contribution is 2.11. The first-order chi connectivity index (χ1) is 6.77. The Hall–Kier alpha value is -1.98. The largest absolute Gasteiger partial charge is 0.474 e. The Balaban J connectivity index is 2.25. The van der Waals surface area contributed by atoms with Crippen molar-refractivity contribution in [2.45, 2.75) is 0 Å². The minimum Gasteiger partial charge on any atom is -0.474 e. The lowest BCUT2D eigenvalue weighted by molar-refractivity contribution is -0.385. The van der Waals surface area contributed by atoms with E-state index in [9.17, 15) is 10.1 Å². The van der Waals surface area contributed by atoms with Gasteiger partial charge in [0.05, 0.1) is 11.5 Å². The highest BCUT2D eigenvalue weighted by molar-refractivity contribution is 5.93. The molecule has 0 unspecified atom stereocenters. The number of hydrogen-bond donors (Lipinski definition) is 0. The molecule has 0 spiro atoms. The molecule has 1 aliphatic heterocycles. The van der Waals surface area contributed by atoms with E-state index in [4.69, 9.17) is 4.74 Å². The molecule has 0 bridgehead atoms. The van der Waals surface area contributed by atoms with Crippen molar-refractivity contribution in [2.24, 2.45) is 4.99 Å². The summed E-state index contributed by atoms with van der Waals surface area (Å²) in [5.74, 6) is 0.458. The van der Waals surface area contributed by atoms with Gasteiger partial charge in [-0.05, 0) is 6.07 Å². The monoisotopic (exact) mass is 193 g/mol. The maximum absolute atomic E-state index is 10.3. The van der Waals surface area contributed by atoms with Gasteiger partial charge in [0.1, 0.15) is 18.5 Å². The molecule has 0 N–H and O–H groups in total. The first-order valence-corrected chi connectivity index (χ1v) is 4.05. The number of aromatic nitrogens is 1. The van der Waals surface area contributed by atoms with Gasteiger partial charge >= 0.3 is 0 Å². The summed E-state index contributed by atoms with van der Waals surface area (Å²) in [6.07, 6.45) is 1.19. The topological polar surface area (TPSA) is 77.6 Å². The van der Waals surface area contributed by atoms with Crippen molar-refractivity contribution in [2.75, 3.05) is 13.2 Å². The number of ether oxygens (including phenoxy) is 1. The van der Waals surface area contributed by atoms with E-state index in [0.29, 0.717) is 24.7 Å². The van der Waals surface area contributed by atoms with Gasteiger partial charge in [-0.1, -0.05) is 0 Å². The molecule has 14 heavy (non-hydrogen) atoms. The number of pyridine rings is 1. The first-order valence-electron chi connectivity index (χ1n) is 4.05. The van der Waals surface area contributed by atoms with Crippen LogP contribution in [0.3, 0.4) is 0 Å². The molecule has 1 aromatic heterocycles. The minimum absolute atomic E-state index is 0.0349. The summed E-state index contributed by atoms with van der Waals surface area (Å²) in [7, 11) is 0. The lowest BCUT2D eigenvalue weighted by Gasteiger charge is -1.98. The van der Waals surface area contributed by atoms with E-state index in [-0.39, 0.29) is 5.69 Å². The Kier molecular flexibility index (Phi) is 2.10. The zero-order valence-electron chi connectivity index (χ0n) is 7.21. The summed E-state index contributed by atoms with van der Waals surface area (Å²) in [5, 5.41) is 10.3. The van der Waals surface area contributed by atoms with E-state index in [0.717, 1.165) is 0 Å². The standard InChI is InChI=1S/C8H7N3O3/c12-11(13)6-1-2-7(10-5-6)8-9-3-4-14-8/h1-2,5H,3-4H2. The predicted octanol–water partition coefficient (Wildman–Crippen LogP) is 0.767. The molecule has 0 aromatic carbocycles. The van der Waals surface area contributed by atoms with Crippen LogP contribution in [0.5, 0.6) is 0 Å². The molecule has 0 saturated carbocycles. The molecule has 6 heteroatoms. The van der Waals surface area contributed by atoms with Gasteiger partial charge in [-0.3, -0.25) is 10.1 Å². The lowest BCUT2D eigenvalue weighted by Crippen LogP contribution is -2.03. The summed E-state index contributed by atoms with van der Waals surface area (Å²) in [5.41, 5.74) is 0.500. The van der Waals surface area contributed by atoms with Crippen molar-refractivity contribution in [1.29, 1.82) is 0 Å². The fourth-order valence-electron chi connectivity index (χ4n) is 1.11. The predicted molar refractivity (Wildman–Crippen MR) is 48.2 cm³/mol. The highest BCUT2D eigenvalue weighted by atomic mass is 16.6. The smallest absolute Gasteiger partial charge is 0.287 e. The Bertz CT molecular complexity index is 385. The van der Waals surface area contributed by atoms with Crippen LogP contribution in [0.15, 0.2) is 23.3 Å². The van der Waals surface area contributed by atoms with Crippen molar-refractivity contribution < 1.29 is 9.66 Å². The van der Waals surface area contributed by atoms with Crippen LogP contribution >= 0.6 is 0 Å². The quantitative estimate of drug-likeness (QED) is 0.513. The van der Waals surface area contributed by atoms with Crippen LogP contribution in [-0.4, -0.2) is 29.0 Å². The Morgan fingerprint density at radius 1 is 1.50 bits per heavy atom. The molecular weight excluding hydrogens is 186 g/mol. The second-order valence-corrected chi connectivity index (χ2v) is 2.69. The normalized spacial score (nSPS) is 14.7. The molecule has 6 nitrogen and oxygen atoms in total. The third-order valence-corrected chi connectivity index (χ3v) is 1.76. The molecule has 1 aromatic rings. The number of rotatable bonds is 2. The molecule has 0 aliphatic carbocycles. The molecular formula is C8H7N3O3. The van der Waals surface area contributed by atoms with E-state index < -0.39 is 4.92 Å². The van der Waals surface area contributed by atoms with Gasteiger partial charge in [0.15, 0.2) is 0 Å². The third-order valence-electron chi connectivity index (χ3n) is 1.76. The van der Waals surface area contributed by atoms with Crippen LogP contribution in [0.1, 0.15) is 5.69 Å². The van der Waals surface area contributed by atoms with Gasteiger partial charge < -0.3 is 4.74 Å². The number of hydrogen-bond acceptors (Lipinski definition) is 5. The molecule has 0 saturated heterocycles. The molecule has 72 valence electrons. The third kappa shape index (κ3) is 1.54. The second kappa shape index (κ2) is 3.41. The van der Waals surface area contributed by atoms with Crippen LogP contribution in [0, 0.1) is 10.1 Å². The first kappa shape index (κ1) is 8.61. The van der Waals surface area contributed by atoms with Crippen LogP contribution in [0.2, 0.25) is 0 Å². The average molecular weight is 193 g/mol. The molecule has 0 atom stereocenters. The van der Waals surface area contributed by atoms with E-state index in [1.165, 1.54) is 18.3 Å². The second-order valence-electron chi connectivity index (χ2n) is 2.69. The van der Waals surface area contributed by atoms with Gasteiger partial charge in [-0.15, -0.1) is 0 Å². The van der Waals surface area contributed by atoms with Crippen molar-refractivity contribution in [3.63, 3.8) is 0 Å². The van der Waals surface area contributed by atoms with Crippen molar-refractivity contribution in [3.05, 3.63) is 34.1 Å². The Morgan fingerprint density at radius 2 is 2.36 bits per heavy atom. The van der Waals surface area contributed by atoms with Crippen LogP contribution in [-0.2, 0) is 4.74 Å². The zero-order valence-corrected chi connectivity index (χ0v) is 7.21. The van der Waals surface area contributed by atoms with E-state index in [1.54, 1.807) is 0 Å². The molecule has 2 heterocycles. The van der Waals surface area contributed by atoms with Crippen LogP contribution in [0.4, 0.5) is 5.69 Å². The van der Waals surface area contributed by atoms with Gasteiger partial charge in [-0.2, -0.15) is 0 Å². The van der Waals surface area contributed by atoms with Gasteiger partial charge in [0.2, 0.25) is 5.90 Å². The van der Waals surface area contributed by atoms with Gasteiger partial charge in [0.25, 0.3) is 5.69 Å². The lowest BCUT2D eigenvalue weighted by atomic mass is 10.3. The summed E-state index contributed by atoms with van der Waals surface area (Å²) >= 11 is 0. The van der Waals surface area contributed by atoms with Crippen molar-refractivity contribution >= 4 is 11.6 Å². The number of nitro groups is 1. The maximum atomic E-state index is 10.3. The van der Waals surface area contributed by atoms with E-state index in [1.807, 2.05) is 0 Å². The fraction of sp³-hybridized carbons (Fsp3) is 0.250. The number of aliphatic imine (C=N–C) groups is 1. The Labute approximate surface area is 79.4 Å². The summed E-state index contributed by atoms with van der Waals surface area (Å²) < 4.78 is 5.16. The summed E-state index contributed by atoms with van der Waals surface area (Å²) in [4.78, 5) is 17.8. The van der Waals surface area contributed by atoms with E-state index in [2.05, 4.69) is 9.98 Å². The van der Waals surface area contributed by atoms with Crippen molar-refractivity contribution in [1.82, 2.24) is 4.98 Å². The maximum Gasteiger partial charge on any atom is 0.287 e. The van der Waals surface area contributed by atoms with Crippen LogP contribution < -0.4 is 0 Å². The molecule has 0 amide bonds. The molecule has 2 rings (SSSR count). The highest BCUT2D eigenvalue weighted by Gasteiger charge is 2.13. The SMILES string of the molecule is O=[N+]([O-])c1ccc(C2=NCCO2)nc1. The summed E-state index contributed by atoms with van der Waals surface area (Å²) in [6, 6.07) is 2.91. The fourth-order valence-corrected chi connectivity index (χ4v) is 1.11. The molecule has 0 fully saturated rings. The van der Waals surface area contributed by atoms with Crippen LogP contribution in [0.25, 0.3) is 0 Å². The van der Waals surface area contributed by atoms with Gasteiger partial charge in [-0.25, -0.2) is 9.98 Å². The Morgan fingerprint density at radius 3 is 2.86 bits per heavy atom. The molecule has 0 radical (unpaired) electrons.